The predicted octanol–water partition coefficient (Wildman–Crippen LogP) is 7.80. The molecule has 3 aromatic carbocycles. The lowest BCUT2D eigenvalue weighted by atomic mass is 9.82. The summed E-state index contributed by atoms with van der Waals surface area (Å²) in [5, 5.41) is 0. The third kappa shape index (κ3) is 4.20. The van der Waals surface area contributed by atoms with E-state index in [1.165, 1.54) is 0 Å². The number of fused-ring (bicyclic) bond motifs is 5. The maximum atomic E-state index is 14.6. The van der Waals surface area contributed by atoms with E-state index >= 15 is 0 Å². The molecule has 1 saturated heterocycles. The van der Waals surface area contributed by atoms with Gasteiger partial charge in [0.05, 0.1) is 11.6 Å². The van der Waals surface area contributed by atoms with Crippen LogP contribution in [0.3, 0.4) is 0 Å². The van der Waals surface area contributed by atoms with Crippen molar-refractivity contribution < 1.29 is 27.1 Å². The Bertz CT molecular complexity index is 1350. The van der Waals surface area contributed by atoms with Gasteiger partial charge < -0.3 is 4.74 Å². The van der Waals surface area contributed by atoms with Crippen LogP contribution in [0.2, 0.25) is 0 Å². The molecule has 3 aliphatic rings. The number of rotatable bonds is 3. The number of amides is 1. The van der Waals surface area contributed by atoms with E-state index in [1.807, 2.05) is 24.3 Å². The van der Waals surface area contributed by atoms with Crippen LogP contribution < -0.4 is 0 Å². The third-order valence-electron chi connectivity index (χ3n) is 7.82. The van der Waals surface area contributed by atoms with Crippen molar-refractivity contribution in [1.29, 1.82) is 0 Å². The molecule has 0 saturated carbocycles. The van der Waals surface area contributed by atoms with Gasteiger partial charge in [0.15, 0.2) is 0 Å². The van der Waals surface area contributed by atoms with Gasteiger partial charge in [-0.05, 0) is 71.7 Å². The van der Waals surface area contributed by atoms with Gasteiger partial charge in [0.2, 0.25) is 0 Å². The molecular formula is C30H25F4NO2. The molecule has 0 spiro atoms. The minimum Gasteiger partial charge on any atom is -0.448 e. The molecule has 2 atom stereocenters. The molecular weight excluding hydrogens is 482 g/mol. The van der Waals surface area contributed by atoms with Crippen molar-refractivity contribution in [3.05, 3.63) is 101 Å². The highest BCUT2D eigenvalue weighted by molar-refractivity contribution is 5.79. The zero-order chi connectivity index (χ0) is 25.7. The Kier molecular flexibility index (Phi) is 5.81. The van der Waals surface area contributed by atoms with E-state index < -0.39 is 23.7 Å². The van der Waals surface area contributed by atoms with E-state index in [0.29, 0.717) is 24.8 Å². The van der Waals surface area contributed by atoms with E-state index in [2.05, 4.69) is 24.3 Å². The van der Waals surface area contributed by atoms with Gasteiger partial charge >= 0.3 is 12.3 Å². The average Bonchev–Trinajstić information content (AvgIpc) is 3.20. The van der Waals surface area contributed by atoms with Gasteiger partial charge in [-0.15, -0.1) is 0 Å². The van der Waals surface area contributed by atoms with E-state index in [1.54, 1.807) is 11.0 Å². The van der Waals surface area contributed by atoms with Gasteiger partial charge in [-0.2, -0.15) is 13.2 Å². The standard InChI is InChI=1S/C30H25F4NO2/c31-28-13-12-19(30(32,33)34)16-26(28)18-14-20-6-5-7-21(15-18)35(20)29(36)37-17-27-24-10-3-1-8-22(24)23-9-2-4-11-25(23)27/h1-4,8-14,16,20-21,27H,5-7,15,17H2. The lowest BCUT2D eigenvalue weighted by Crippen LogP contribution is -2.52. The number of hydrogen-bond donors (Lipinski definition) is 0. The number of carbonyl (C=O) groups excluding carboxylic acids is 1. The molecule has 0 aromatic heterocycles. The highest BCUT2D eigenvalue weighted by Crippen LogP contribution is 2.45. The molecule has 3 nitrogen and oxygen atoms in total. The van der Waals surface area contributed by atoms with Gasteiger partial charge in [0.25, 0.3) is 0 Å². The van der Waals surface area contributed by atoms with Gasteiger partial charge in [0.1, 0.15) is 12.4 Å². The summed E-state index contributed by atoms with van der Waals surface area (Å²) in [4.78, 5) is 15.0. The van der Waals surface area contributed by atoms with Gasteiger partial charge in [-0.25, -0.2) is 9.18 Å². The first-order valence-electron chi connectivity index (χ1n) is 12.5. The molecule has 0 radical (unpaired) electrons. The summed E-state index contributed by atoms with van der Waals surface area (Å²) in [5.41, 5.74) is 4.12. The SMILES string of the molecule is O=C(OCC1c2ccccc2-c2ccccc21)N1C2C=C(c3cc(C(F)(F)F)ccc3F)CC1CCC2. The van der Waals surface area contributed by atoms with Crippen molar-refractivity contribution in [2.75, 3.05) is 6.61 Å². The zero-order valence-corrected chi connectivity index (χ0v) is 20.0. The Morgan fingerprint density at radius 1 is 0.919 bits per heavy atom. The Balaban J connectivity index is 1.23. The molecule has 2 unspecified atom stereocenters. The monoisotopic (exact) mass is 507 g/mol. The molecule has 190 valence electrons. The summed E-state index contributed by atoms with van der Waals surface area (Å²) < 4.78 is 60.2. The molecule has 0 N–H and O–H groups in total. The number of benzene rings is 3. The second-order valence-corrected chi connectivity index (χ2v) is 9.95. The van der Waals surface area contributed by atoms with Crippen LogP contribution in [0.15, 0.2) is 72.8 Å². The first-order chi connectivity index (χ1) is 17.8. The zero-order valence-electron chi connectivity index (χ0n) is 20.0. The summed E-state index contributed by atoms with van der Waals surface area (Å²) >= 11 is 0. The Morgan fingerprint density at radius 2 is 1.59 bits per heavy atom. The summed E-state index contributed by atoms with van der Waals surface area (Å²) in [6.07, 6.45) is -0.715. The summed E-state index contributed by atoms with van der Waals surface area (Å²) in [6, 6.07) is 18.1. The van der Waals surface area contributed by atoms with Crippen LogP contribution in [-0.2, 0) is 10.9 Å². The minimum absolute atomic E-state index is 0.0427. The fourth-order valence-corrected chi connectivity index (χ4v) is 6.13. The highest BCUT2D eigenvalue weighted by atomic mass is 19.4. The molecule has 7 heteroatoms. The Labute approximate surface area is 212 Å². The molecule has 3 aromatic rings. The van der Waals surface area contributed by atoms with Crippen LogP contribution in [0.25, 0.3) is 16.7 Å². The molecule has 2 bridgehead atoms. The lowest BCUT2D eigenvalue weighted by Gasteiger charge is -2.44. The van der Waals surface area contributed by atoms with Crippen molar-refractivity contribution in [1.82, 2.24) is 4.90 Å². The first kappa shape index (κ1) is 23.8. The van der Waals surface area contributed by atoms with Crippen LogP contribution in [-0.4, -0.2) is 29.7 Å². The average molecular weight is 508 g/mol. The molecule has 1 fully saturated rings. The van der Waals surface area contributed by atoms with E-state index in [0.717, 1.165) is 46.9 Å². The number of carbonyl (C=O) groups is 1. The minimum atomic E-state index is -4.55. The molecule has 1 aliphatic carbocycles. The maximum Gasteiger partial charge on any atom is 0.416 e. The molecule has 2 heterocycles. The number of alkyl halides is 3. The summed E-state index contributed by atoms with van der Waals surface area (Å²) in [6.45, 7) is 0.196. The van der Waals surface area contributed by atoms with Crippen LogP contribution in [0.4, 0.5) is 22.4 Å². The second kappa shape index (κ2) is 9.05. The van der Waals surface area contributed by atoms with Crippen LogP contribution >= 0.6 is 0 Å². The number of nitrogens with zero attached hydrogens (tertiary/aromatic N) is 1. The summed E-state index contributed by atoms with van der Waals surface area (Å²) in [7, 11) is 0. The predicted molar refractivity (Wildman–Crippen MR) is 132 cm³/mol. The van der Waals surface area contributed by atoms with Crippen LogP contribution in [0, 0.1) is 5.82 Å². The van der Waals surface area contributed by atoms with Crippen molar-refractivity contribution in [2.45, 2.75) is 49.9 Å². The molecule has 6 rings (SSSR count). The van der Waals surface area contributed by atoms with Crippen molar-refractivity contribution in [2.24, 2.45) is 0 Å². The quantitative estimate of drug-likeness (QED) is 0.339. The second-order valence-electron chi connectivity index (χ2n) is 9.95. The first-order valence-corrected chi connectivity index (χ1v) is 12.5. The lowest BCUT2D eigenvalue weighted by molar-refractivity contribution is -0.137. The van der Waals surface area contributed by atoms with Crippen LogP contribution in [0.5, 0.6) is 0 Å². The highest BCUT2D eigenvalue weighted by Gasteiger charge is 2.40. The van der Waals surface area contributed by atoms with E-state index in [9.17, 15) is 22.4 Å². The normalized spacial score (nSPS) is 20.8. The van der Waals surface area contributed by atoms with Crippen molar-refractivity contribution in [3.8, 4) is 11.1 Å². The summed E-state index contributed by atoms with van der Waals surface area (Å²) in [5.74, 6) is -0.752. The van der Waals surface area contributed by atoms with Gasteiger partial charge in [-0.1, -0.05) is 54.6 Å². The fraction of sp³-hybridized carbons (Fsp3) is 0.300. The number of ether oxygens (including phenoxy) is 1. The fourth-order valence-electron chi connectivity index (χ4n) is 6.13. The van der Waals surface area contributed by atoms with Gasteiger partial charge in [-0.3, -0.25) is 4.90 Å². The Morgan fingerprint density at radius 3 is 2.24 bits per heavy atom. The molecule has 1 amide bonds. The van der Waals surface area contributed by atoms with Crippen molar-refractivity contribution >= 4 is 11.7 Å². The van der Waals surface area contributed by atoms with Crippen LogP contribution in [0.1, 0.15) is 53.9 Å². The topological polar surface area (TPSA) is 29.5 Å². The third-order valence-corrected chi connectivity index (χ3v) is 7.82. The largest absolute Gasteiger partial charge is 0.448 e. The number of hydrogen-bond acceptors (Lipinski definition) is 2. The number of halogens is 4. The Hall–Kier alpha value is -3.61. The van der Waals surface area contributed by atoms with Gasteiger partial charge in [0, 0.05) is 17.5 Å². The molecule has 37 heavy (non-hydrogen) atoms. The smallest absolute Gasteiger partial charge is 0.416 e. The van der Waals surface area contributed by atoms with Crippen molar-refractivity contribution in [3.63, 3.8) is 0 Å². The van der Waals surface area contributed by atoms with E-state index in [-0.39, 0.29) is 30.2 Å². The van der Waals surface area contributed by atoms with E-state index in [4.69, 9.17) is 4.74 Å². The maximum absolute atomic E-state index is 14.6. The number of piperidine rings is 1. The molecule has 2 aliphatic heterocycles.